The molecule has 0 saturated carbocycles. The van der Waals surface area contributed by atoms with Gasteiger partial charge in [-0.2, -0.15) is 0 Å². The fourth-order valence-electron chi connectivity index (χ4n) is 1.19. The predicted octanol–water partition coefficient (Wildman–Crippen LogP) is 2.44. The lowest BCUT2D eigenvalue weighted by Crippen LogP contribution is -2.35. The van der Waals surface area contributed by atoms with E-state index in [4.69, 9.17) is 4.74 Å². The van der Waals surface area contributed by atoms with Gasteiger partial charge in [-0.15, -0.1) is 0 Å². The topological polar surface area (TPSA) is 21.3 Å². The van der Waals surface area contributed by atoms with Crippen molar-refractivity contribution in [1.29, 1.82) is 0 Å². The molecule has 0 heterocycles. The van der Waals surface area contributed by atoms with Gasteiger partial charge in [0.05, 0.1) is 12.2 Å². The predicted molar refractivity (Wildman–Crippen MR) is 58.0 cm³/mol. The van der Waals surface area contributed by atoms with E-state index in [-0.39, 0.29) is 5.60 Å². The molecule has 0 aliphatic carbocycles. The van der Waals surface area contributed by atoms with Crippen LogP contribution < -0.4 is 5.32 Å². The molecule has 0 saturated heterocycles. The van der Waals surface area contributed by atoms with Crippen molar-refractivity contribution in [3.8, 4) is 0 Å². The molecule has 1 atom stereocenters. The molecule has 0 spiro atoms. The number of nitrogens with one attached hydrogen (secondary N) is 1. The van der Waals surface area contributed by atoms with Gasteiger partial charge in [0, 0.05) is 6.04 Å². The Hall–Kier alpha value is -0.0800. The summed E-state index contributed by atoms with van der Waals surface area (Å²) in [5, 5.41) is 3.28. The molecular weight excluding hydrogens is 162 g/mol. The van der Waals surface area contributed by atoms with E-state index in [1.54, 1.807) is 0 Å². The number of hydrogen-bond donors (Lipinski definition) is 1. The summed E-state index contributed by atoms with van der Waals surface area (Å²) in [4.78, 5) is 0. The van der Waals surface area contributed by atoms with E-state index in [1.165, 1.54) is 6.42 Å². The Kier molecular flexibility index (Phi) is 5.57. The van der Waals surface area contributed by atoms with Crippen molar-refractivity contribution < 1.29 is 4.74 Å². The van der Waals surface area contributed by atoms with Crippen LogP contribution in [0.25, 0.3) is 0 Å². The fourth-order valence-corrected chi connectivity index (χ4v) is 1.19. The van der Waals surface area contributed by atoms with Crippen molar-refractivity contribution >= 4 is 0 Å². The monoisotopic (exact) mass is 187 g/mol. The van der Waals surface area contributed by atoms with Gasteiger partial charge in [-0.25, -0.2) is 0 Å². The molecule has 2 heteroatoms. The van der Waals surface area contributed by atoms with Crippen molar-refractivity contribution in [2.45, 2.75) is 52.7 Å². The average Bonchev–Trinajstić information content (AvgIpc) is 1.95. The first kappa shape index (κ1) is 12.9. The molecule has 13 heavy (non-hydrogen) atoms. The Morgan fingerprint density at radius 1 is 1.23 bits per heavy atom. The number of hydrogen-bond acceptors (Lipinski definition) is 2. The maximum atomic E-state index is 5.72. The fraction of sp³-hybridized carbons (Fsp3) is 1.00. The van der Waals surface area contributed by atoms with E-state index in [0.717, 1.165) is 12.5 Å². The van der Waals surface area contributed by atoms with Gasteiger partial charge in [0.1, 0.15) is 0 Å². The number of ether oxygens (including phenoxy) is 1. The molecule has 0 aliphatic rings. The van der Waals surface area contributed by atoms with Gasteiger partial charge >= 0.3 is 0 Å². The third-order valence-corrected chi connectivity index (χ3v) is 1.88. The van der Waals surface area contributed by atoms with Gasteiger partial charge in [-0.1, -0.05) is 13.8 Å². The largest absolute Gasteiger partial charge is 0.374 e. The lowest BCUT2D eigenvalue weighted by molar-refractivity contribution is -0.0158. The molecule has 0 aromatic rings. The van der Waals surface area contributed by atoms with Crippen molar-refractivity contribution in [1.82, 2.24) is 5.32 Å². The van der Waals surface area contributed by atoms with Crippen molar-refractivity contribution in [2.75, 3.05) is 13.7 Å². The van der Waals surface area contributed by atoms with Crippen molar-refractivity contribution in [2.24, 2.45) is 5.92 Å². The van der Waals surface area contributed by atoms with E-state index in [2.05, 4.69) is 39.9 Å². The molecule has 0 amide bonds. The molecule has 80 valence electrons. The summed E-state index contributed by atoms with van der Waals surface area (Å²) in [5.41, 5.74) is -0.0217. The highest BCUT2D eigenvalue weighted by molar-refractivity contribution is 4.68. The quantitative estimate of drug-likeness (QED) is 0.714. The Morgan fingerprint density at radius 2 is 1.77 bits per heavy atom. The van der Waals surface area contributed by atoms with Crippen LogP contribution in [-0.4, -0.2) is 25.3 Å². The van der Waals surface area contributed by atoms with Crippen molar-refractivity contribution in [3.63, 3.8) is 0 Å². The smallest absolute Gasteiger partial charge is 0.0626 e. The minimum atomic E-state index is -0.0217. The summed E-state index contributed by atoms with van der Waals surface area (Å²) >= 11 is 0. The third-order valence-electron chi connectivity index (χ3n) is 1.88. The van der Waals surface area contributed by atoms with Crippen LogP contribution in [0.1, 0.15) is 41.0 Å². The highest BCUT2D eigenvalue weighted by Gasteiger charge is 2.14. The first-order valence-corrected chi connectivity index (χ1v) is 5.16. The molecule has 0 radical (unpaired) electrons. The van der Waals surface area contributed by atoms with Crippen LogP contribution in [0.2, 0.25) is 0 Å². The summed E-state index contributed by atoms with van der Waals surface area (Å²) in [6.45, 7) is 11.6. The molecule has 1 N–H and O–H groups in total. The van der Waals surface area contributed by atoms with Crippen LogP contribution in [0.4, 0.5) is 0 Å². The number of rotatable bonds is 5. The van der Waals surface area contributed by atoms with Crippen LogP contribution in [0.5, 0.6) is 0 Å². The highest BCUT2D eigenvalue weighted by atomic mass is 16.5. The van der Waals surface area contributed by atoms with Crippen LogP contribution >= 0.6 is 0 Å². The second-order valence-electron chi connectivity index (χ2n) is 5.04. The van der Waals surface area contributed by atoms with E-state index in [0.29, 0.717) is 6.04 Å². The van der Waals surface area contributed by atoms with E-state index in [9.17, 15) is 0 Å². The van der Waals surface area contributed by atoms with Crippen LogP contribution in [0, 0.1) is 5.92 Å². The van der Waals surface area contributed by atoms with E-state index in [1.807, 2.05) is 7.05 Å². The standard InChI is InChI=1S/C11H25NO/c1-9(2)7-10(12-6)8-13-11(3,4)5/h9-10,12H,7-8H2,1-6H3. The normalized spacial score (nSPS) is 15.0. The highest BCUT2D eigenvalue weighted by Crippen LogP contribution is 2.10. The lowest BCUT2D eigenvalue weighted by Gasteiger charge is -2.25. The van der Waals surface area contributed by atoms with E-state index >= 15 is 0 Å². The zero-order chi connectivity index (χ0) is 10.5. The first-order valence-electron chi connectivity index (χ1n) is 5.16. The van der Waals surface area contributed by atoms with Gasteiger partial charge in [-0.05, 0) is 40.2 Å². The summed E-state index contributed by atoms with van der Waals surface area (Å²) in [6, 6.07) is 0.485. The Morgan fingerprint density at radius 3 is 2.08 bits per heavy atom. The molecule has 2 nitrogen and oxygen atoms in total. The van der Waals surface area contributed by atoms with Gasteiger partial charge < -0.3 is 10.1 Å². The summed E-state index contributed by atoms with van der Waals surface area (Å²) in [5.74, 6) is 0.723. The van der Waals surface area contributed by atoms with Crippen molar-refractivity contribution in [3.05, 3.63) is 0 Å². The number of likely N-dealkylation sites (N-methyl/N-ethyl adjacent to an activating group) is 1. The summed E-state index contributed by atoms with van der Waals surface area (Å²) in [7, 11) is 2.00. The molecule has 0 rings (SSSR count). The van der Waals surface area contributed by atoms with Crippen LogP contribution in [-0.2, 0) is 4.74 Å². The van der Waals surface area contributed by atoms with Gasteiger partial charge in [0.2, 0.25) is 0 Å². The molecule has 0 aromatic heterocycles. The lowest BCUT2D eigenvalue weighted by atomic mass is 10.0. The molecular formula is C11H25NO. The van der Waals surface area contributed by atoms with Gasteiger partial charge in [0.15, 0.2) is 0 Å². The first-order chi connectivity index (χ1) is 5.85. The third kappa shape index (κ3) is 8.26. The second-order valence-corrected chi connectivity index (χ2v) is 5.04. The Balaban J connectivity index is 3.72. The average molecular weight is 187 g/mol. The molecule has 1 unspecified atom stereocenters. The summed E-state index contributed by atoms with van der Waals surface area (Å²) < 4.78 is 5.72. The molecule has 0 bridgehead atoms. The Bertz CT molecular complexity index is 127. The zero-order valence-electron chi connectivity index (χ0n) is 9.98. The minimum absolute atomic E-state index is 0.0217. The van der Waals surface area contributed by atoms with E-state index < -0.39 is 0 Å². The zero-order valence-corrected chi connectivity index (χ0v) is 9.98. The van der Waals surface area contributed by atoms with Gasteiger partial charge in [-0.3, -0.25) is 0 Å². The SMILES string of the molecule is CNC(COC(C)(C)C)CC(C)C. The molecule has 0 aliphatic heterocycles. The minimum Gasteiger partial charge on any atom is -0.374 e. The molecule has 0 aromatic carbocycles. The van der Waals surface area contributed by atoms with Gasteiger partial charge in [0.25, 0.3) is 0 Å². The summed E-state index contributed by atoms with van der Waals surface area (Å²) in [6.07, 6.45) is 1.17. The maximum absolute atomic E-state index is 5.72. The second kappa shape index (κ2) is 5.61. The Labute approximate surface area is 83.1 Å². The maximum Gasteiger partial charge on any atom is 0.0626 e. The van der Waals surface area contributed by atoms with Crippen LogP contribution in [0.15, 0.2) is 0 Å². The van der Waals surface area contributed by atoms with Crippen LogP contribution in [0.3, 0.4) is 0 Å². The molecule has 0 fully saturated rings.